The molecule has 7 aromatic rings. The van der Waals surface area contributed by atoms with Gasteiger partial charge in [0.25, 0.3) is 0 Å². The van der Waals surface area contributed by atoms with Crippen LogP contribution in [0.1, 0.15) is 44.4 Å². The Morgan fingerprint density at radius 3 is 2.02 bits per heavy atom. The van der Waals surface area contributed by atoms with E-state index in [1.165, 1.54) is 77.6 Å². The molecule has 3 aliphatic rings. The zero-order chi connectivity index (χ0) is 35.2. The molecular weight excluding hydrogens is 629 g/mol. The largest absolute Gasteiger partial charge is 0.309 e. The Morgan fingerprint density at radius 1 is 0.635 bits per heavy atom. The molecule has 0 N–H and O–H groups in total. The van der Waals surface area contributed by atoms with Gasteiger partial charge in [0.1, 0.15) is 0 Å². The van der Waals surface area contributed by atoms with Gasteiger partial charge in [-0.2, -0.15) is 0 Å². The average molecular weight is 669 g/mol. The smallest absolute Gasteiger partial charge is 0.0701 e. The lowest BCUT2D eigenvalue weighted by atomic mass is 9.55. The van der Waals surface area contributed by atoms with E-state index in [-0.39, 0.29) is 16.7 Å². The Hall–Kier alpha value is -5.99. The highest BCUT2D eigenvalue weighted by Crippen LogP contribution is 2.57. The molecule has 10 rings (SSSR count). The van der Waals surface area contributed by atoms with Crippen LogP contribution in [0.5, 0.6) is 0 Å². The zero-order valence-electron chi connectivity index (χ0n) is 30.1. The number of aromatic nitrogens is 2. The van der Waals surface area contributed by atoms with Crippen LogP contribution in [-0.2, 0) is 5.41 Å². The lowest BCUT2D eigenvalue weighted by molar-refractivity contribution is 0.439. The lowest BCUT2D eigenvalue weighted by Gasteiger charge is -2.47. The number of pyridine rings is 1. The van der Waals surface area contributed by atoms with Crippen molar-refractivity contribution in [3.63, 3.8) is 0 Å². The van der Waals surface area contributed by atoms with Crippen molar-refractivity contribution >= 4 is 34.0 Å². The molecule has 5 aromatic carbocycles. The minimum atomic E-state index is -0.175. The Balaban J connectivity index is 1.21. The number of fused-ring (bicyclic) bond motifs is 3. The van der Waals surface area contributed by atoms with Gasteiger partial charge in [0.15, 0.2) is 0 Å². The number of allylic oxidation sites excluding steroid dienone is 6. The summed E-state index contributed by atoms with van der Waals surface area (Å²) in [5, 5.41) is 2.55. The first kappa shape index (κ1) is 30.8. The molecule has 52 heavy (non-hydrogen) atoms. The van der Waals surface area contributed by atoms with Gasteiger partial charge >= 0.3 is 0 Å². The maximum atomic E-state index is 4.62. The molecule has 2 heterocycles. The van der Waals surface area contributed by atoms with Crippen molar-refractivity contribution in [3.8, 4) is 39.2 Å². The standard InChI is InChI=1S/C50H40N2/c1-49(2,3)37-29-35-23-25-41-43(32-19-21-33(22-20-32)45-16-9-10-27-51-45)31-44(42-26-24-36(30-37)50(35,4)48(41)42)34-12-11-13-38(28-34)52-46-17-7-5-14-39(46)40-15-6-8-18-47(40)52/h5-31,36H,1-4H3. The average Bonchev–Trinajstić information content (AvgIpc) is 3.51. The minimum Gasteiger partial charge on any atom is -0.309 e. The van der Waals surface area contributed by atoms with Crippen LogP contribution < -0.4 is 0 Å². The van der Waals surface area contributed by atoms with Crippen LogP contribution in [0.3, 0.4) is 0 Å². The van der Waals surface area contributed by atoms with Gasteiger partial charge in [-0.1, -0.05) is 143 Å². The molecule has 2 atom stereocenters. The summed E-state index contributed by atoms with van der Waals surface area (Å²) in [6.07, 6.45) is 16.5. The predicted molar refractivity (Wildman–Crippen MR) is 219 cm³/mol. The highest BCUT2D eigenvalue weighted by molar-refractivity contribution is 6.09. The summed E-state index contributed by atoms with van der Waals surface area (Å²) in [5.41, 5.74) is 17.5. The molecule has 250 valence electrons. The van der Waals surface area contributed by atoms with Gasteiger partial charge < -0.3 is 4.57 Å². The number of benzene rings is 5. The van der Waals surface area contributed by atoms with Crippen LogP contribution in [0, 0.1) is 11.3 Å². The molecule has 0 fully saturated rings. The number of hydrogen-bond acceptors (Lipinski definition) is 1. The molecule has 0 radical (unpaired) electrons. The molecule has 2 aromatic heterocycles. The Bertz CT molecular complexity index is 2660. The van der Waals surface area contributed by atoms with E-state index in [1.807, 2.05) is 18.3 Å². The molecule has 0 saturated carbocycles. The summed E-state index contributed by atoms with van der Waals surface area (Å²) in [7, 11) is 0. The van der Waals surface area contributed by atoms with Crippen LogP contribution in [-0.4, -0.2) is 9.55 Å². The SMILES string of the molecule is CC(C)(C)C1=CC2C=Cc3c(-c4cccc(-n5c6ccccc6c6ccccc65)c4)cc(-c4ccc(-c5ccccn5)cc4)c4c3C2(C)C(=C1)C=C4. The molecule has 0 bridgehead atoms. The normalized spacial score (nSPS) is 18.7. The molecule has 3 aliphatic carbocycles. The Kier molecular flexibility index (Phi) is 6.67. The van der Waals surface area contributed by atoms with Crippen LogP contribution in [0.15, 0.2) is 163 Å². The molecule has 0 aliphatic heterocycles. The summed E-state index contributed by atoms with van der Waals surface area (Å²) >= 11 is 0. The van der Waals surface area contributed by atoms with Crippen molar-refractivity contribution in [2.75, 3.05) is 0 Å². The lowest BCUT2D eigenvalue weighted by Crippen LogP contribution is -2.39. The van der Waals surface area contributed by atoms with Gasteiger partial charge in [0.05, 0.1) is 16.7 Å². The topological polar surface area (TPSA) is 17.8 Å². The summed E-state index contributed by atoms with van der Waals surface area (Å²) < 4.78 is 2.42. The highest BCUT2D eigenvalue weighted by atomic mass is 15.0. The van der Waals surface area contributed by atoms with Crippen molar-refractivity contribution in [2.45, 2.75) is 33.1 Å². The monoisotopic (exact) mass is 668 g/mol. The van der Waals surface area contributed by atoms with Crippen molar-refractivity contribution in [1.29, 1.82) is 0 Å². The van der Waals surface area contributed by atoms with E-state index >= 15 is 0 Å². The van der Waals surface area contributed by atoms with Gasteiger partial charge in [-0.05, 0) is 98.0 Å². The summed E-state index contributed by atoms with van der Waals surface area (Å²) in [6.45, 7) is 9.45. The first-order chi connectivity index (χ1) is 25.3. The highest BCUT2D eigenvalue weighted by Gasteiger charge is 2.46. The van der Waals surface area contributed by atoms with Crippen LogP contribution in [0.2, 0.25) is 0 Å². The zero-order valence-corrected chi connectivity index (χ0v) is 30.1. The number of hydrogen-bond donors (Lipinski definition) is 0. The van der Waals surface area contributed by atoms with Crippen LogP contribution >= 0.6 is 0 Å². The number of nitrogens with zero attached hydrogens (tertiary/aromatic N) is 2. The summed E-state index contributed by atoms with van der Waals surface area (Å²) in [6, 6.07) is 44.2. The fourth-order valence-electron chi connectivity index (χ4n) is 9.00. The first-order valence-corrected chi connectivity index (χ1v) is 18.4. The maximum Gasteiger partial charge on any atom is 0.0701 e. The molecule has 2 heteroatoms. The third-order valence-corrected chi connectivity index (χ3v) is 11.8. The van der Waals surface area contributed by atoms with Gasteiger partial charge in [0, 0.05) is 39.6 Å². The molecule has 0 saturated heterocycles. The second kappa shape index (κ2) is 11.3. The Morgan fingerprint density at radius 2 is 1.31 bits per heavy atom. The van der Waals surface area contributed by atoms with E-state index in [9.17, 15) is 0 Å². The van der Waals surface area contributed by atoms with E-state index in [1.54, 1.807) is 0 Å². The van der Waals surface area contributed by atoms with Crippen molar-refractivity contribution in [2.24, 2.45) is 11.3 Å². The minimum absolute atomic E-state index is 0.0756. The van der Waals surface area contributed by atoms with Crippen molar-refractivity contribution in [3.05, 3.63) is 180 Å². The summed E-state index contributed by atoms with van der Waals surface area (Å²) in [5.74, 6) is 0.275. The number of para-hydroxylation sites is 2. The molecule has 2 nitrogen and oxygen atoms in total. The van der Waals surface area contributed by atoms with E-state index in [4.69, 9.17) is 0 Å². The van der Waals surface area contributed by atoms with Crippen molar-refractivity contribution in [1.82, 2.24) is 9.55 Å². The third-order valence-electron chi connectivity index (χ3n) is 11.8. The fourth-order valence-corrected chi connectivity index (χ4v) is 9.00. The van der Waals surface area contributed by atoms with E-state index in [2.05, 4.69) is 183 Å². The van der Waals surface area contributed by atoms with E-state index in [0.29, 0.717) is 0 Å². The molecule has 0 amide bonds. The molecule has 0 spiro atoms. The van der Waals surface area contributed by atoms with Crippen LogP contribution in [0.4, 0.5) is 0 Å². The van der Waals surface area contributed by atoms with E-state index < -0.39 is 0 Å². The van der Waals surface area contributed by atoms with Gasteiger partial charge in [0.2, 0.25) is 0 Å². The van der Waals surface area contributed by atoms with Gasteiger partial charge in [-0.15, -0.1) is 0 Å². The number of rotatable bonds is 4. The first-order valence-electron chi connectivity index (χ1n) is 18.4. The predicted octanol–water partition coefficient (Wildman–Crippen LogP) is 13.0. The third kappa shape index (κ3) is 4.53. The van der Waals surface area contributed by atoms with E-state index in [0.717, 1.165) is 11.3 Å². The molecule has 2 unspecified atom stereocenters. The second-order valence-corrected chi connectivity index (χ2v) is 15.8. The molecular formula is C50H40N2. The summed E-state index contributed by atoms with van der Waals surface area (Å²) in [4.78, 5) is 4.62. The van der Waals surface area contributed by atoms with Gasteiger partial charge in [-0.25, -0.2) is 0 Å². The quantitative estimate of drug-likeness (QED) is 0.183. The second-order valence-electron chi connectivity index (χ2n) is 15.8. The van der Waals surface area contributed by atoms with Crippen molar-refractivity contribution < 1.29 is 0 Å². The fraction of sp³-hybridized carbons (Fsp3) is 0.140. The maximum absolute atomic E-state index is 4.62. The van der Waals surface area contributed by atoms with Gasteiger partial charge in [-0.3, -0.25) is 4.98 Å². The Labute approximate surface area is 305 Å². The van der Waals surface area contributed by atoms with Crippen LogP contribution in [0.25, 0.3) is 73.2 Å².